The van der Waals surface area contributed by atoms with E-state index in [0.29, 0.717) is 17.2 Å². The maximum Gasteiger partial charge on any atom is 0.227 e. The van der Waals surface area contributed by atoms with Crippen LogP contribution in [0.5, 0.6) is 0 Å². The molecule has 5 nitrogen and oxygen atoms in total. The van der Waals surface area contributed by atoms with Crippen LogP contribution >= 0.6 is 0 Å². The Hall–Kier alpha value is -0.650. The number of piperidine rings is 1. The van der Waals surface area contributed by atoms with Crippen molar-refractivity contribution in [3.63, 3.8) is 0 Å². The Morgan fingerprint density at radius 3 is 2.17 bits per heavy atom. The first-order chi connectivity index (χ1) is 10.8. The van der Waals surface area contributed by atoms with Crippen LogP contribution in [0, 0.1) is 16.7 Å². The lowest BCUT2D eigenvalue weighted by molar-refractivity contribution is -0.146. The van der Waals surface area contributed by atoms with Gasteiger partial charge in [-0.3, -0.25) is 4.79 Å². The molecule has 3 saturated heterocycles. The molecular weight excluding hydrogens is 288 g/mol. The summed E-state index contributed by atoms with van der Waals surface area (Å²) in [5.41, 5.74) is 0.383. The number of carbonyl (C=O) groups excluding carboxylic acids is 1. The van der Waals surface area contributed by atoms with Gasteiger partial charge in [-0.2, -0.15) is 0 Å². The Kier molecular flexibility index (Phi) is 4.73. The summed E-state index contributed by atoms with van der Waals surface area (Å²) in [6.07, 6.45) is 1.99. The fraction of sp³-hybridized carbons (Fsp3) is 0.944. The molecule has 0 aliphatic carbocycles. The largest absolute Gasteiger partial charge is 0.355 e. The summed E-state index contributed by atoms with van der Waals surface area (Å²) in [6.45, 7) is 13.0. The van der Waals surface area contributed by atoms with Crippen LogP contribution in [0.25, 0.3) is 0 Å². The predicted molar refractivity (Wildman–Crippen MR) is 93.4 cm³/mol. The van der Waals surface area contributed by atoms with Gasteiger partial charge in [0.15, 0.2) is 0 Å². The van der Waals surface area contributed by atoms with Crippen molar-refractivity contribution < 1.29 is 4.79 Å². The summed E-state index contributed by atoms with van der Waals surface area (Å²) in [7, 11) is 4.37. The molecule has 0 aromatic carbocycles. The molecule has 1 N–H and O–H groups in total. The third kappa shape index (κ3) is 3.57. The number of hydrogen-bond acceptors (Lipinski definition) is 4. The van der Waals surface area contributed by atoms with Crippen molar-refractivity contribution >= 4 is 5.91 Å². The Balaban J connectivity index is 1.58. The highest BCUT2D eigenvalue weighted by molar-refractivity contribution is 5.83. The summed E-state index contributed by atoms with van der Waals surface area (Å²) in [5, 5.41) is 3.22. The first-order valence-electron chi connectivity index (χ1n) is 9.20. The van der Waals surface area contributed by atoms with E-state index < -0.39 is 0 Å². The summed E-state index contributed by atoms with van der Waals surface area (Å²) >= 11 is 0. The molecule has 3 aliphatic rings. The van der Waals surface area contributed by atoms with Gasteiger partial charge in [0.25, 0.3) is 0 Å². The highest BCUT2D eigenvalue weighted by atomic mass is 16.2. The van der Waals surface area contributed by atoms with Crippen LogP contribution < -0.4 is 5.32 Å². The molecule has 3 aliphatic heterocycles. The van der Waals surface area contributed by atoms with Crippen LogP contribution in [0.15, 0.2) is 0 Å². The summed E-state index contributed by atoms with van der Waals surface area (Å²) in [4.78, 5) is 20.2. The third-order valence-corrected chi connectivity index (χ3v) is 5.95. The van der Waals surface area contributed by atoms with Crippen molar-refractivity contribution in [3.8, 4) is 0 Å². The molecule has 0 bridgehead atoms. The second kappa shape index (κ2) is 6.34. The van der Waals surface area contributed by atoms with E-state index in [1.807, 2.05) is 0 Å². The number of amides is 1. The Morgan fingerprint density at radius 1 is 1.04 bits per heavy atom. The number of nitrogens with one attached hydrogen (secondary N) is 1. The average molecular weight is 322 g/mol. The van der Waals surface area contributed by atoms with Crippen LogP contribution in [-0.2, 0) is 4.79 Å². The summed E-state index contributed by atoms with van der Waals surface area (Å²) < 4.78 is 0. The molecule has 5 heteroatoms. The molecule has 1 spiro atoms. The SMILES string of the molecule is CC(C)CNC(=O)C1(CN2CC3(CN(C)C3)C2)CCN(C)CC1. The fourth-order valence-electron chi connectivity index (χ4n) is 4.73. The standard InChI is InChI=1S/C18H34N4O/c1-15(2)9-19-16(23)18(5-7-20(3)8-6-18)14-22-12-17(13-22)10-21(4)11-17/h15H,5-14H2,1-4H3,(H,19,23). The van der Waals surface area contributed by atoms with Gasteiger partial charge in [0.1, 0.15) is 0 Å². The van der Waals surface area contributed by atoms with E-state index in [-0.39, 0.29) is 5.41 Å². The number of rotatable bonds is 5. The van der Waals surface area contributed by atoms with Crippen molar-refractivity contribution in [2.24, 2.45) is 16.7 Å². The Labute approximate surface area is 141 Å². The van der Waals surface area contributed by atoms with Crippen LogP contribution in [0.3, 0.4) is 0 Å². The number of likely N-dealkylation sites (tertiary alicyclic amines) is 3. The van der Waals surface area contributed by atoms with Crippen LogP contribution in [0.2, 0.25) is 0 Å². The smallest absolute Gasteiger partial charge is 0.227 e. The number of carbonyl (C=O) groups is 1. The molecule has 0 aromatic heterocycles. The van der Waals surface area contributed by atoms with Crippen molar-refractivity contribution in [1.82, 2.24) is 20.0 Å². The quantitative estimate of drug-likeness (QED) is 0.809. The summed E-state index contributed by atoms with van der Waals surface area (Å²) in [6, 6.07) is 0. The van der Waals surface area contributed by atoms with Gasteiger partial charge < -0.3 is 20.0 Å². The molecule has 3 fully saturated rings. The molecule has 0 radical (unpaired) electrons. The van der Waals surface area contributed by atoms with E-state index in [9.17, 15) is 4.79 Å². The maximum absolute atomic E-state index is 12.9. The van der Waals surface area contributed by atoms with Crippen molar-refractivity contribution in [2.45, 2.75) is 26.7 Å². The van der Waals surface area contributed by atoms with Crippen LogP contribution in [0.4, 0.5) is 0 Å². The van der Waals surface area contributed by atoms with Gasteiger partial charge >= 0.3 is 0 Å². The normalized spacial score (nSPS) is 27.7. The van der Waals surface area contributed by atoms with E-state index in [1.54, 1.807) is 0 Å². The van der Waals surface area contributed by atoms with E-state index in [2.05, 4.69) is 48.0 Å². The molecule has 132 valence electrons. The van der Waals surface area contributed by atoms with Crippen molar-refractivity contribution in [3.05, 3.63) is 0 Å². The minimum atomic E-state index is -0.168. The monoisotopic (exact) mass is 322 g/mol. The van der Waals surface area contributed by atoms with Gasteiger partial charge in [0.05, 0.1) is 5.41 Å². The zero-order chi connectivity index (χ0) is 16.7. The molecule has 3 rings (SSSR count). The highest BCUT2D eigenvalue weighted by Gasteiger charge is 2.53. The van der Waals surface area contributed by atoms with Crippen molar-refractivity contribution in [1.29, 1.82) is 0 Å². The van der Waals surface area contributed by atoms with E-state index in [0.717, 1.165) is 39.0 Å². The van der Waals surface area contributed by atoms with Crippen molar-refractivity contribution in [2.75, 3.05) is 66.5 Å². The maximum atomic E-state index is 12.9. The number of hydrogen-bond donors (Lipinski definition) is 1. The molecule has 0 aromatic rings. The molecule has 1 amide bonds. The zero-order valence-electron chi connectivity index (χ0n) is 15.4. The number of nitrogens with zero attached hydrogens (tertiary/aromatic N) is 3. The predicted octanol–water partition coefficient (Wildman–Crippen LogP) is 0.718. The molecule has 0 saturated carbocycles. The Bertz CT molecular complexity index is 428. The summed E-state index contributed by atoms with van der Waals surface area (Å²) in [5.74, 6) is 0.811. The van der Waals surface area contributed by atoms with E-state index in [4.69, 9.17) is 0 Å². The molecular formula is C18H34N4O. The Morgan fingerprint density at radius 2 is 1.65 bits per heavy atom. The topological polar surface area (TPSA) is 38.8 Å². The van der Waals surface area contributed by atoms with Crippen LogP contribution in [-0.4, -0.2) is 87.1 Å². The van der Waals surface area contributed by atoms with Crippen LogP contribution in [0.1, 0.15) is 26.7 Å². The van der Waals surface area contributed by atoms with E-state index >= 15 is 0 Å². The van der Waals surface area contributed by atoms with Gasteiger partial charge in [0.2, 0.25) is 5.91 Å². The third-order valence-electron chi connectivity index (χ3n) is 5.95. The van der Waals surface area contributed by atoms with Gasteiger partial charge in [-0.15, -0.1) is 0 Å². The van der Waals surface area contributed by atoms with Gasteiger partial charge in [-0.1, -0.05) is 13.8 Å². The molecule has 3 heterocycles. The fourth-order valence-corrected chi connectivity index (χ4v) is 4.73. The lowest BCUT2D eigenvalue weighted by atomic mass is 9.70. The van der Waals surface area contributed by atoms with Gasteiger partial charge in [0, 0.05) is 44.7 Å². The minimum absolute atomic E-state index is 0.168. The zero-order valence-corrected chi connectivity index (χ0v) is 15.4. The second-order valence-electron chi connectivity index (χ2n) is 9.00. The lowest BCUT2D eigenvalue weighted by Gasteiger charge is -2.61. The minimum Gasteiger partial charge on any atom is -0.355 e. The molecule has 0 unspecified atom stereocenters. The first kappa shape index (κ1) is 17.2. The second-order valence-corrected chi connectivity index (χ2v) is 9.00. The van der Waals surface area contributed by atoms with Gasteiger partial charge in [-0.05, 0) is 45.9 Å². The first-order valence-corrected chi connectivity index (χ1v) is 9.20. The van der Waals surface area contributed by atoms with E-state index in [1.165, 1.54) is 26.2 Å². The molecule has 23 heavy (non-hydrogen) atoms. The lowest BCUT2D eigenvalue weighted by Crippen LogP contribution is -2.72. The average Bonchev–Trinajstić information content (AvgIpc) is 2.43. The highest BCUT2D eigenvalue weighted by Crippen LogP contribution is 2.42. The molecule has 0 atom stereocenters. The van der Waals surface area contributed by atoms with Gasteiger partial charge in [-0.25, -0.2) is 0 Å².